The summed E-state index contributed by atoms with van der Waals surface area (Å²) < 4.78 is 16.6. The first-order valence-corrected chi connectivity index (χ1v) is 7.75. The SMILES string of the molecule is CCc1nn(C)c(CC(Cc2ccccc2F)NN)c1Br. The average Bonchev–Trinajstić information content (AvgIpc) is 2.75. The van der Waals surface area contributed by atoms with Gasteiger partial charge in [-0.15, -0.1) is 0 Å². The molecule has 114 valence electrons. The second-order valence-electron chi connectivity index (χ2n) is 5.05. The molecule has 0 radical (unpaired) electrons. The Kier molecular flexibility index (Phi) is 5.50. The Labute approximate surface area is 132 Å². The van der Waals surface area contributed by atoms with Crippen molar-refractivity contribution in [3.05, 3.63) is 51.5 Å². The number of nitrogens with two attached hydrogens (primary N) is 1. The number of aromatic nitrogens is 2. The minimum absolute atomic E-state index is 0.0571. The lowest BCUT2D eigenvalue weighted by Crippen LogP contribution is -2.39. The van der Waals surface area contributed by atoms with E-state index in [0.717, 1.165) is 22.3 Å². The summed E-state index contributed by atoms with van der Waals surface area (Å²) in [5.41, 5.74) is 5.52. The Balaban J connectivity index is 2.16. The van der Waals surface area contributed by atoms with E-state index in [1.807, 2.05) is 17.8 Å². The number of hydrogen-bond donors (Lipinski definition) is 2. The van der Waals surface area contributed by atoms with Crippen molar-refractivity contribution in [1.82, 2.24) is 15.2 Å². The predicted octanol–water partition coefficient (Wildman–Crippen LogP) is 2.50. The van der Waals surface area contributed by atoms with Crippen LogP contribution in [0.5, 0.6) is 0 Å². The van der Waals surface area contributed by atoms with Crippen LogP contribution in [0.25, 0.3) is 0 Å². The van der Waals surface area contributed by atoms with Gasteiger partial charge < -0.3 is 0 Å². The lowest BCUT2D eigenvalue weighted by Gasteiger charge is -2.17. The molecule has 2 aromatic rings. The lowest BCUT2D eigenvalue weighted by atomic mass is 10.0. The summed E-state index contributed by atoms with van der Waals surface area (Å²) in [4.78, 5) is 0. The number of nitrogens with zero attached hydrogens (tertiary/aromatic N) is 2. The lowest BCUT2D eigenvalue weighted by molar-refractivity contribution is 0.492. The summed E-state index contributed by atoms with van der Waals surface area (Å²) in [5, 5.41) is 4.47. The summed E-state index contributed by atoms with van der Waals surface area (Å²) >= 11 is 3.59. The second kappa shape index (κ2) is 7.15. The predicted molar refractivity (Wildman–Crippen MR) is 85.2 cm³/mol. The van der Waals surface area contributed by atoms with Crippen LogP contribution >= 0.6 is 15.9 Å². The van der Waals surface area contributed by atoms with E-state index >= 15 is 0 Å². The molecule has 0 bridgehead atoms. The maximum absolute atomic E-state index is 13.7. The molecule has 6 heteroatoms. The normalized spacial score (nSPS) is 12.6. The van der Waals surface area contributed by atoms with Gasteiger partial charge in [-0.1, -0.05) is 25.1 Å². The number of halogens is 2. The quantitative estimate of drug-likeness (QED) is 0.618. The Morgan fingerprint density at radius 3 is 2.67 bits per heavy atom. The van der Waals surface area contributed by atoms with Gasteiger partial charge in [0.25, 0.3) is 0 Å². The highest BCUT2D eigenvalue weighted by atomic mass is 79.9. The molecule has 1 unspecified atom stereocenters. The number of aryl methyl sites for hydroxylation is 2. The van der Waals surface area contributed by atoms with Crippen LogP contribution in [0, 0.1) is 5.82 Å². The van der Waals surface area contributed by atoms with Gasteiger partial charge in [-0.3, -0.25) is 16.0 Å². The van der Waals surface area contributed by atoms with Gasteiger partial charge >= 0.3 is 0 Å². The fourth-order valence-corrected chi connectivity index (χ4v) is 3.17. The molecule has 1 aromatic heterocycles. The smallest absolute Gasteiger partial charge is 0.126 e. The zero-order valence-corrected chi connectivity index (χ0v) is 13.8. The van der Waals surface area contributed by atoms with Crippen LogP contribution < -0.4 is 11.3 Å². The van der Waals surface area contributed by atoms with Crippen LogP contribution in [0.15, 0.2) is 28.7 Å². The van der Waals surface area contributed by atoms with E-state index in [0.29, 0.717) is 18.4 Å². The zero-order valence-electron chi connectivity index (χ0n) is 12.2. The third-order valence-corrected chi connectivity index (χ3v) is 4.52. The maximum atomic E-state index is 13.7. The summed E-state index contributed by atoms with van der Waals surface area (Å²) in [6.07, 6.45) is 2.07. The molecule has 0 aliphatic heterocycles. The number of nitrogens with one attached hydrogen (secondary N) is 1. The molecule has 21 heavy (non-hydrogen) atoms. The fourth-order valence-electron chi connectivity index (χ4n) is 2.39. The van der Waals surface area contributed by atoms with Gasteiger partial charge in [-0.2, -0.15) is 5.10 Å². The highest BCUT2D eigenvalue weighted by molar-refractivity contribution is 9.10. The number of rotatable bonds is 6. The minimum atomic E-state index is -0.198. The second-order valence-corrected chi connectivity index (χ2v) is 5.84. The molecular weight excluding hydrogens is 335 g/mol. The average molecular weight is 355 g/mol. The van der Waals surface area contributed by atoms with Gasteiger partial charge in [-0.05, 0) is 40.4 Å². The van der Waals surface area contributed by atoms with E-state index in [1.165, 1.54) is 6.07 Å². The molecule has 0 amide bonds. The van der Waals surface area contributed by atoms with Crippen LogP contribution in [0.1, 0.15) is 23.9 Å². The van der Waals surface area contributed by atoms with E-state index in [9.17, 15) is 4.39 Å². The molecule has 1 atom stereocenters. The standard InChI is InChI=1S/C15H20BrFN4/c1-3-13-15(16)14(21(2)20-13)9-11(19-18)8-10-6-4-5-7-12(10)17/h4-7,11,19H,3,8-9,18H2,1-2H3. The van der Waals surface area contributed by atoms with Crippen LogP contribution in [-0.4, -0.2) is 15.8 Å². The third-order valence-electron chi connectivity index (χ3n) is 3.60. The van der Waals surface area contributed by atoms with Gasteiger partial charge in [0.05, 0.1) is 15.9 Å². The summed E-state index contributed by atoms with van der Waals surface area (Å²) in [6, 6.07) is 6.72. The fraction of sp³-hybridized carbons (Fsp3) is 0.400. The largest absolute Gasteiger partial charge is 0.271 e. The first kappa shape index (κ1) is 16.1. The molecule has 3 N–H and O–H groups in total. The van der Waals surface area contributed by atoms with Gasteiger partial charge in [0, 0.05) is 19.5 Å². The summed E-state index contributed by atoms with van der Waals surface area (Å²) in [6.45, 7) is 2.06. The van der Waals surface area contributed by atoms with Crippen molar-refractivity contribution >= 4 is 15.9 Å². The van der Waals surface area contributed by atoms with Crippen LogP contribution in [0.3, 0.4) is 0 Å². The van der Waals surface area contributed by atoms with E-state index in [4.69, 9.17) is 5.84 Å². The molecule has 1 heterocycles. The van der Waals surface area contributed by atoms with Crippen LogP contribution in [0.2, 0.25) is 0 Å². The van der Waals surface area contributed by atoms with Gasteiger partial charge in [0.2, 0.25) is 0 Å². The molecule has 0 spiro atoms. The number of hydrogen-bond acceptors (Lipinski definition) is 3. The van der Waals surface area contributed by atoms with Crippen molar-refractivity contribution in [1.29, 1.82) is 0 Å². The monoisotopic (exact) mass is 354 g/mol. The molecular formula is C15H20BrFN4. The Morgan fingerprint density at radius 1 is 1.38 bits per heavy atom. The highest BCUT2D eigenvalue weighted by Crippen LogP contribution is 2.23. The molecule has 2 rings (SSSR count). The van der Waals surface area contributed by atoms with Crippen LogP contribution in [-0.2, 0) is 26.3 Å². The summed E-state index contributed by atoms with van der Waals surface area (Å²) in [5.74, 6) is 5.44. The maximum Gasteiger partial charge on any atom is 0.126 e. The highest BCUT2D eigenvalue weighted by Gasteiger charge is 2.18. The third kappa shape index (κ3) is 3.70. The van der Waals surface area contributed by atoms with Crippen molar-refractivity contribution in [3.63, 3.8) is 0 Å². The zero-order chi connectivity index (χ0) is 15.4. The van der Waals surface area contributed by atoms with Gasteiger partial charge in [0.1, 0.15) is 5.82 Å². The van der Waals surface area contributed by atoms with Crippen molar-refractivity contribution in [2.45, 2.75) is 32.2 Å². The van der Waals surface area contributed by atoms with E-state index in [1.54, 1.807) is 12.1 Å². The number of hydrazine groups is 1. The Hall–Kier alpha value is -1.24. The van der Waals surface area contributed by atoms with Gasteiger partial charge in [0.15, 0.2) is 0 Å². The van der Waals surface area contributed by atoms with E-state index in [-0.39, 0.29) is 11.9 Å². The topological polar surface area (TPSA) is 55.9 Å². The van der Waals surface area contributed by atoms with Crippen molar-refractivity contribution < 1.29 is 4.39 Å². The van der Waals surface area contributed by atoms with Gasteiger partial charge in [-0.25, -0.2) is 4.39 Å². The van der Waals surface area contributed by atoms with E-state index < -0.39 is 0 Å². The van der Waals surface area contributed by atoms with Crippen LogP contribution in [0.4, 0.5) is 4.39 Å². The Morgan fingerprint density at radius 2 is 2.10 bits per heavy atom. The molecule has 0 aliphatic carbocycles. The Bertz CT molecular complexity index is 612. The molecule has 1 aromatic carbocycles. The molecule has 0 fully saturated rings. The first-order chi connectivity index (χ1) is 10.1. The van der Waals surface area contributed by atoms with E-state index in [2.05, 4.69) is 33.4 Å². The van der Waals surface area contributed by atoms with Crippen molar-refractivity contribution in [2.24, 2.45) is 12.9 Å². The molecule has 0 saturated heterocycles. The molecule has 0 aliphatic rings. The number of benzene rings is 1. The van der Waals surface area contributed by atoms with Crippen molar-refractivity contribution in [2.75, 3.05) is 0 Å². The summed E-state index contributed by atoms with van der Waals surface area (Å²) in [7, 11) is 1.91. The first-order valence-electron chi connectivity index (χ1n) is 6.96. The molecule has 0 saturated carbocycles. The van der Waals surface area contributed by atoms with Crippen molar-refractivity contribution in [3.8, 4) is 0 Å². The molecule has 4 nitrogen and oxygen atoms in total. The minimum Gasteiger partial charge on any atom is -0.271 e.